The highest BCUT2D eigenvalue weighted by atomic mass is 16.5. The van der Waals surface area contributed by atoms with Gasteiger partial charge in [0.25, 0.3) is 11.8 Å². The number of para-hydroxylation sites is 1. The lowest BCUT2D eigenvalue weighted by atomic mass is 10.1. The average molecular weight is 466 g/mol. The highest BCUT2D eigenvalue weighted by Gasteiger charge is 2.18. The molecule has 9 nitrogen and oxygen atoms in total. The minimum Gasteiger partial charge on any atom is -0.507 e. The number of ether oxygens (including phenoxy) is 3. The topological polar surface area (TPSA) is 126 Å². The maximum absolute atomic E-state index is 12.7. The number of anilines is 1. The van der Waals surface area contributed by atoms with Gasteiger partial charge >= 0.3 is 0 Å². The highest BCUT2D eigenvalue weighted by molar-refractivity contribution is 6.06. The fourth-order valence-electron chi connectivity index (χ4n) is 3.27. The number of aromatic hydroxyl groups is 1. The van der Waals surface area contributed by atoms with Crippen LogP contribution in [0.3, 0.4) is 0 Å². The summed E-state index contributed by atoms with van der Waals surface area (Å²) in [5, 5.41) is 25.9. The highest BCUT2D eigenvalue weighted by Crippen LogP contribution is 2.26. The fourth-order valence-corrected chi connectivity index (χ4v) is 3.27. The number of carbonyl (C=O) groups excluding carboxylic acids is 2. The van der Waals surface area contributed by atoms with E-state index in [2.05, 4.69) is 10.6 Å². The summed E-state index contributed by atoms with van der Waals surface area (Å²) in [6.07, 6.45) is -1.02. The minimum atomic E-state index is -1.02. The summed E-state index contributed by atoms with van der Waals surface area (Å²) in [7, 11) is 4.45. The van der Waals surface area contributed by atoms with Crippen molar-refractivity contribution in [2.45, 2.75) is 6.10 Å². The Hall–Kier alpha value is -4.24. The molecule has 1 atom stereocenters. The normalized spacial score (nSPS) is 11.3. The molecular formula is C25H26N2O7. The van der Waals surface area contributed by atoms with Crippen molar-refractivity contribution >= 4 is 17.5 Å². The van der Waals surface area contributed by atoms with Crippen molar-refractivity contribution in [2.75, 3.05) is 33.2 Å². The summed E-state index contributed by atoms with van der Waals surface area (Å²) in [5.41, 5.74) is 1.03. The molecule has 0 spiro atoms. The van der Waals surface area contributed by atoms with Crippen LogP contribution in [0.1, 0.15) is 32.4 Å². The average Bonchev–Trinajstić information content (AvgIpc) is 2.87. The van der Waals surface area contributed by atoms with Crippen molar-refractivity contribution in [3.63, 3.8) is 0 Å². The molecule has 0 aliphatic rings. The Balaban J connectivity index is 1.72. The van der Waals surface area contributed by atoms with Crippen molar-refractivity contribution < 1.29 is 34.0 Å². The van der Waals surface area contributed by atoms with E-state index < -0.39 is 17.9 Å². The number of phenolic OH excluding ortho intramolecular Hbond substituents is 1. The zero-order valence-electron chi connectivity index (χ0n) is 19.0. The van der Waals surface area contributed by atoms with E-state index in [4.69, 9.17) is 14.2 Å². The van der Waals surface area contributed by atoms with Gasteiger partial charge < -0.3 is 35.1 Å². The molecule has 0 aliphatic heterocycles. The first kappa shape index (κ1) is 24.4. The SMILES string of the molecule is COc1cc(OC)cc(C(=O)Nc2ccc(O)c(C(=O)NCC(O)c3ccccc3OC)c2)c1. The van der Waals surface area contributed by atoms with E-state index in [9.17, 15) is 19.8 Å². The van der Waals surface area contributed by atoms with Crippen LogP contribution in [0.25, 0.3) is 0 Å². The predicted octanol–water partition coefficient (Wildman–Crippen LogP) is 3.13. The van der Waals surface area contributed by atoms with Crippen molar-refractivity contribution in [3.05, 3.63) is 77.4 Å². The maximum atomic E-state index is 12.7. The largest absolute Gasteiger partial charge is 0.507 e. The predicted molar refractivity (Wildman–Crippen MR) is 126 cm³/mol. The van der Waals surface area contributed by atoms with Crippen LogP contribution in [0.2, 0.25) is 0 Å². The molecule has 0 saturated heterocycles. The Kier molecular flexibility index (Phi) is 7.94. The van der Waals surface area contributed by atoms with Crippen molar-refractivity contribution in [3.8, 4) is 23.0 Å². The number of phenols is 1. The number of aliphatic hydroxyl groups is 1. The lowest BCUT2D eigenvalue weighted by Crippen LogP contribution is -2.28. The summed E-state index contributed by atoms with van der Waals surface area (Å²) in [5.74, 6) is 0.0375. The zero-order chi connectivity index (χ0) is 24.7. The molecule has 0 fully saturated rings. The standard InChI is InChI=1S/C25H26N2O7/c1-32-17-10-15(11-18(13-17)33-2)24(30)27-16-8-9-21(28)20(12-16)25(31)26-14-22(29)19-6-4-5-7-23(19)34-3/h4-13,22,28-29H,14H2,1-3H3,(H,26,31)(H,27,30). The van der Waals surface area contributed by atoms with Crippen LogP contribution in [0, 0.1) is 0 Å². The van der Waals surface area contributed by atoms with Crippen LogP contribution in [0.4, 0.5) is 5.69 Å². The van der Waals surface area contributed by atoms with Gasteiger partial charge in [-0.05, 0) is 36.4 Å². The molecule has 0 saturated carbocycles. The molecule has 9 heteroatoms. The van der Waals surface area contributed by atoms with Gasteiger partial charge in [0.1, 0.15) is 23.0 Å². The second-order valence-electron chi connectivity index (χ2n) is 7.26. The molecule has 0 radical (unpaired) electrons. The molecule has 3 aromatic carbocycles. The molecule has 0 aromatic heterocycles. The number of carbonyl (C=O) groups is 2. The van der Waals surface area contributed by atoms with Crippen molar-refractivity contribution in [1.82, 2.24) is 5.32 Å². The van der Waals surface area contributed by atoms with E-state index in [1.807, 2.05) is 0 Å². The third kappa shape index (κ3) is 5.76. The van der Waals surface area contributed by atoms with E-state index >= 15 is 0 Å². The van der Waals surface area contributed by atoms with E-state index in [0.717, 1.165) is 0 Å². The molecule has 3 rings (SSSR count). The first-order chi connectivity index (χ1) is 16.4. The monoisotopic (exact) mass is 466 g/mol. The number of methoxy groups -OCH3 is 3. The second-order valence-corrected chi connectivity index (χ2v) is 7.26. The summed E-state index contributed by atoms with van der Waals surface area (Å²) in [4.78, 5) is 25.4. The molecule has 178 valence electrons. The molecule has 4 N–H and O–H groups in total. The first-order valence-electron chi connectivity index (χ1n) is 10.3. The molecule has 0 heterocycles. The number of nitrogens with one attached hydrogen (secondary N) is 2. The van der Waals surface area contributed by atoms with Crippen LogP contribution in [-0.4, -0.2) is 49.9 Å². The molecule has 0 aliphatic carbocycles. The quantitative estimate of drug-likeness (QED) is 0.357. The number of hydrogen-bond acceptors (Lipinski definition) is 7. The number of aliphatic hydroxyl groups excluding tert-OH is 1. The summed E-state index contributed by atoms with van der Waals surface area (Å²) in [6, 6.07) is 15.8. The van der Waals surface area contributed by atoms with Crippen LogP contribution >= 0.6 is 0 Å². The van der Waals surface area contributed by atoms with Crippen molar-refractivity contribution in [2.24, 2.45) is 0 Å². The first-order valence-corrected chi connectivity index (χ1v) is 10.3. The smallest absolute Gasteiger partial charge is 0.255 e. The Bertz CT molecular complexity index is 1160. The lowest BCUT2D eigenvalue weighted by Gasteiger charge is -2.16. The fraction of sp³-hybridized carbons (Fsp3) is 0.200. The number of hydrogen-bond donors (Lipinski definition) is 4. The van der Waals surface area contributed by atoms with Gasteiger partial charge in [0.2, 0.25) is 0 Å². The Morgan fingerprint density at radius 2 is 1.56 bits per heavy atom. The van der Waals surface area contributed by atoms with Crippen LogP contribution in [0.5, 0.6) is 23.0 Å². The van der Waals surface area contributed by atoms with Gasteiger partial charge in [-0.15, -0.1) is 0 Å². The summed E-state index contributed by atoms with van der Waals surface area (Å²) < 4.78 is 15.6. The van der Waals surface area contributed by atoms with Crippen LogP contribution in [0.15, 0.2) is 60.7 Å². The third-order valence-electron chi connectivity index (χ3n) is 5.07. The van der Waals surface area contributed by atoms with Gasteiger partial charge in [0.15, 0.2) is 0 Å². The lowest BCUT2D eigenvalue weighted by molar-refractivity contribution is 0.0911. The zero-order valence-corrected chi connectivity index (χ0v) is 19.0. The van der Waals surface area contributed by atoms with Gasteiger partial charge in [0.05, 0.1) is 33.0 Å². The van der Waals surface area contributed by atoms with Gasteiger partial charge in [-0.25, -0.2) is 0 Å². The van der Waals surface area contributed by atoms with E-state index in [-0.39, 0.29) is 23.4 Å². The molecule has 0 bridgehead atoms. The second kappa shape index (κ2) is 11.1. The van der Waals surface area contributed by atoms with Gasteiger partial charge in [0, 0.05) is 29.4 Å². The molecular weight excluding hydrogens is 440 g/mol. The van der Waals surface area contributed by atoms with Gasteiger partial charge in [-0.2, -0.15) is 0 Å². The number of benzene rings is 3. The molecule has 34 heavy (non-hydrogen) atoms. The maximum Gasteiger partial charge on any atom is 0.255 e. The summed E-state index contributed by atoms with van der Waals surface area (Å²) in [6.45, 7) is -0.112. The van der Waals surface area contributed by atoms with Crippen molar-refractivity contribution in [1.29, 1.82) is 0 Å². The third-order valence-corrected chi connectivity index (χ3v) is 5.07. The van der Waals surface area contributed by atoms with Crippen LogP contribution < -0.4 is 24.8 Å². The van der Waals surface area contributed by atoms with E-state index in [1.54, 1.807) is 42.5 Å². The molecule has 1 unspecified atom stereocenters. The number of rotatable bonds is 9. The van der Waals surface area contributed by atoms with E-state index in [1.165, 1.54) is 39.5 Å². The Labute approximate surface area is 196 Å². The Morgan fingerprint density at radius 1 is 0.882 bits per heavy atom. The molecule has 3 aromatic rings. The molecule has 2 amide bonds. The summed E-state index contributed by atoms with van der Waals surface area (Å²) >= 11 is 0. The Morgan fingerprint density at radius 3 is 2.21 bits per heavy atom. The van der Waals surface area contributed by atoms with Crippen LogP contribution in [-0.2, 0) is 0 Å². The number of amides is 2. The minimum absolute atomic E-state index is 0.0618. The van der Waals surface area contributed by atoms with Gasteiger partial charge in [-0.1, -0.05) is 18.2 Å². The van der Waals surface area contributed by atoms with E-state index in [0.29, 0.717) is 28.5 Å². The van der Waals surface area contributed by atoms with Gasteiger partial charge in [-0.3, -0.25) is 9.59 Å².